The van der Waals surface area contributed by atoms with Crippen LogP contribution in [-0.4, -0.2) is 35.8 Å². The SMILES string of the molecule is CN(C(=O)C(c1ccccc1)c1ccccc1)[C@@H](c1ccccc1)N1CCCC1. The molecule has 0 radical (unpaired) electrons. The van der Waals surface area contributed by atoms with E-state index in [1.807, 2.05) is 54.4 Å². The molecular formula is C26H28N2O. The summed E-state index contributed by atoms with van der Waals surface area (Å²) in [6, 6.07) is 30.6. The highest BCUT2D eigenvalue weighted by Crippen LogP contribution is 2.33. The molecule has 0 unspecified atom stereocenters. The average molecular weight is 385 g/mol. The summed E-state index contributed by atoms with van der Waals surface area (Å²) in [5.41, 5.74) is 3.23. The van der Waals surface area contributed by atoms with Crippen LogP contribution in [0.2, 0.25) is 0 Å². The first-order chi connectivity index (χ1) is 14.3. The van der Waals surface area contributed by atoms with E-state index < -0.39 is 0 Å². The fourth-order valence-corrected chi connectivity index (χ4v) is 4.38. The Kier molecular flexibility index (Phi) is 6.06. The number of likely N-dealkylation sites (N-methyl/N-ethyl adjacent to an activating group) is 1. The van der Waals surface area contributed by atoms with E-state index >= 15 is 0 Å². The molecule has 0 saturated carbocycles. The highest BCUT2D eigenvalue weighted by atomic mass is 16.2. The lowest BCUT2D eigenvalue weighted by Crippen LogP contribution is -2.43. The second-order valence-electron chi connectivity index (χ2n) is 7.73. The van der Waals surface area contributed by atoms with E-state index in [2.05, 4.69) is 53.4 Å². The zero-order valence-corrected chi connectivity index (χ0v) is 16.9. The Morgan fingerprint density at radius 1 is 0.724 bits per heavy atom. The highest BCUT2D eigenvalue weighted by Gasteiger charge is 2.34. The second kappa shape index (κ2) is 9.06. The first-order valence-electron chi connectivity index (χ1n) is 10.4. The molecule has 0 N–H and O–H groups in total. The lowest BCUT2D eigenvalue weighted by Gasteiger charge is -2.37. The minimum Gasteiger partial charge on any atom is -0.325 e. The minimum absolute atomic E-state index is 0.0406. The van der Waals surface area contributed by atoms with Gasteiger partial charge in [-0.05, 0) is 29.5 Å². The number of carbonyl (C=O) groups excluding carboxylic acids is 1. The van der Waals surface area contributed by atoms with Crippen LogP contribution in [0.3, 0.4) is 0 Å². The molecule has 29 heavy (non-hydrogen) atoms. The van der Waals surface area contributed by atoms with Crippen LogP contribution in [0.4, 0.5) is 0 Å². The van der Waals surface area contributed by atoms with Crippen LogP contribution < -0.4 is 0 Å². The van der Waals surface area contributed by atoms with Crippen molar-refractivity contribution in [1.82, 2.24) is 9.80 Å². The van der Waals surface area contributed by atoms with Gasteiger partial charge in [-0.3, -0.25) is 9.69 Å². The van der Waals surface area contributed by atoms with Gasteiger partial charge in [0.05, 0.1) is 5.92 Å². The van der Waals surface area contributed by atoms with Crippen LogP contribution >= 0.6 is 0 Å². The van der Waals surface area contributed by atoms with Gasteiger partial charge in [-0.15, -0.1) is 0 Å². The molecule has 0 bridgehead atoms. The summed E-state index contributed by atoms with van der Waals surface area (Å²) in [5, 5.41) is 0. The molecule has 1 aliphatic rings. The van der Waals surface area contributed by atoms with Gasteiger partial charge in [-0.1, -0.05) is 91.0 Å². The molecule has 3 aromatic carbocycles. The molecule has 3 heteroatoms. The second-order valence-corrected chi connectivity index (χ2v) is 7.73. The summed E-state index contributed by atoms with van der Waals surface area (Å²) in [6.07, 6.45) is 2.33. The molecule has 3 aromatic rings. The normalized spacial score (nSPS) is 15.4. The van der Waals surface area contributed by atoms with Gasteiger partial charge in [-0.2, -0.15) is 0 Å². The maximum atomic E-state index is 13.9. The molecule has 3 nitrogen and oxygen atoms in total. The smallest absolute Gasteiger partial charge is 0.235 e. The number of hydrogen-bond donors (Lipinski definition) is 0. The van der Waals surface area contributed by atoms with Gasteiger partial charge in [0.1, 0.15) is 6.17 Å². The Labute approximate surface area is 173 Å². The molecule has 0 aliphatic carbocycles. The molecule has 1 heterocycles. The van der Waals surface area contributed by atoms with Crippen molar-refractivity contribution >= 4 is 5.91 Å². The van der Waals surface area contributed by atoms with Gasteiger partial charge in [0.25, 0.3) is 0 Å². The topological polar surface area (TPSA) is 23.6 Å². The number of hydrogen-bond acceptors (Lipinski definition) is 2. The monoisotopic (exact) mass is 384 g/mol. The Morgan fingerprint density at radius 3 is 1.59 bits per heavy atom. The van der Waals surface area contributed by atoms with Crippen molar-refractivity contribution < 1.29 is 4.79 Å². The van der Waals surface area contributed by atoms with Crippen LogP contribution in [-0.2, 0) is 4.79 Å². The number of likely N-dealkylation sites (tertiary alicyclic amines) is 1. The van der Waals surface area contributed by atoms with Crippen molar-refractivity contribution in [2.75, 3.05) is 20.1 Å². The first kappa shape index (κ1) is 19.4. The van der Waals surface area contributed by atoms with E-state index in [0.29, 0.717) is 0 Å². The van der Waals surface area contributed by atoms with Gasteiger partial charge >= 0.3 is 0 Å². The van der Waals surface area contributed by atoms with Crippen LogP contribution in [0.1, 0.15) is 41.6 Å². The first-order valence-corrected chi connectivity index (χ1v) is 10.4. The van der Waals surface area contributed by atoms with Crippen molar-refractivity contribution in [3.05, 3.63) is 108 Å². The van der Waals surface area contributed by atoms with E-state index in [1.54, 1.807) is 0 Å². The van der Waals surface area contributed by atoms with Crippen molar-refractivity contribution in [2.24, 2.45) is 0 Å². The number of amides is 1. The Morgan fingerprint density at radius 2 is 1.14 bits per heavy atom. The predicted octanol–water partition coefficient (Wildman–Crippen LogP) is 5.07. The summed E-state index contributed by atoms with van der Waals surface area (Å²) in [6.45, 7) is 2.05. The van der Waals surface area contributed by atoms with Crippen LogP contribution in [0, 0.1) is 0 Å². The summed E-state index contributed by atoms with van der Waals surface area (Å²) in [7, 11) is 1.96. The summed E-state index contributed by atoms with van der Waals surface area (Å²) < 4.78 is 0. The quantitative estimate of drug-likeness (QED) is 0.592. The lowest BCUT2D eigenvalue weighted by molar-refractivity contribution is -0.136. The van der Waals surface area contributed by atoms with Gasteiger partial charge in [0.2, 0.25) is 5.91 Å². The van der Waals surface area contributed by atoms with Crippen LogP contribution in [0.15, 0.2) is 91.0 Å². The third-order valence-electron chi connectivity index (χ3n) is 5.81. The maximum Gasteiger partial charge on any atom is 0.235 e. The zero-order chi connectivity index (χ0) is 20.1. The number of nitrogens with zero attached hydrogens (tertiary/aromatic N) is 2. The zero-order valence-electron chi connectivity index (χ0n) is 16.9. The predicted molar refractivity (Wildman–Crippen MR) is 117 cm³/mol. The molecule has 1 fully saturated rings. The fourth-order valence-electron chi connectivity index (χ4n) is 4.38. The van der Waals surface area contributed by atoms with Crippen LogP contribution in [0.25, 0.3) is 0 Å². The molecule has 0 aromatic heterocycles. The fraction of sp³-hybridized carbons (Fsp3) is 0.269. The number of rotatable bonds is 6. The van der Waals surface area contributed by atoms with Crippen molar-refractivity contribution in [3.8, 4) is 0 Å². The number of benzene rings is 3. The van der Waals surface area contributed by atoms with E-state index in [4.69, 9.17) is 0 Å². The molecule has 1 saturated heterocycles. The summed E-state index contributed by atoms with van der Waals surface area (Å²) in [5.74, 6) is -0.181. The third-order valence-corrected chi connectivity index (χ3v) is 5.81. The Balaban J connectivity index is 1.72. The summed E-state index contributed by atoms with van der Waals surface area (Å²) >= 11 is 0. The molecular weight excluding hydrogens is 356 g/mol. The van der Waals surface area contributed by atoms with Gasteiger partial charge in [-0.25, -0.2) is 0 Å². The Bertz CT molecular complexity index is 866. The lowest BCUT2D eigenvalue weighted by atomic mass is 9.89. The minimum atomic E-state index is -0.309. The molecule has 1 amide bonds. The van der Waals surface area contributed by atoms with Crippen molar-refractivity contribution in [1.29, 1.82) is 0 Å². The standard InChI is InChI=1S/C26H28N2O/c1-27(25(28-19-11-12-20-28)23-17-9-4-10-18-23)26(29)24(21-13-5-2-6-14-21)22-15-7-3-8-16-22/h2-10,13-18,24-25H,11-12,19-20H2,1H3/t25-/m1/s1. The molecule has 1 aliphatic heterocycles. The molecule has 1 atom stereocenters. The molecule has 0 spiro atoms. The summed E-state index contributed by atoms with van der Waals surface area (Å²) in [4.78, 5) is 18.3. The molecule has 148 valence electrons. The Hall–Kier alpha value is -2.91. The largest absolute Gasteiger partial charge is 0.325 e. The van der Waals surface area contributed by atoms with E-state index in [0.717, 1.165) is 24.2 Å². The van der Waals surface area contributed by atoms with Crippen molar-refractivity contribution in [2.45, 2.75) is 24.9 Å². The van der Waals surface area contributed by atoms with Crippen molar-refractivity contribution in [3.63, 3.8) is 0 Å². The third kappa shape index (κ3) is 4.25. The molecule has 4 rings (SSSR count). The van der Waals surface area contributed by atoms with Crippen LogP contribution in [0.5, 0.6) is 0 Å². The van der Waals surface area contributed by atoms with E-state index in [9.17, 15) is 4.79 Å². The highest BCUT2D eigenvalue weighted by molar-refractivity contribution is 5.87. The van der Waals surface area contributed by atoms with E-state index in [-0.39, 0.29) is 18.0 Å². The van der Waals surface area contributed by atoms with Gasteiger partial charge < -0.3 is 4.90 Å². The van der Waals surface area contributed by atoms with Gasteiger partial charge in [0, 0.05) is 20.1 Å². The average Bonchev–Trinajstić information content (AvgIpc) is 3.30. The number of carbonyl (C=O) groups is 1. The van der Waals surface area contributed by atoms with E-state index in [1.165, 1.54) is 18.4 Å². The van der Waals surface area contributed by atoms with Gasteiger partial charge in [0.15, 0.2) is 0 Å². The maximum absolute atomic E-state index is 13.9.